The van der Waals surface area contributed by atoms with Crippen molar-refractivity contribution in [2.75, 3.05) is 13.1 Å². The van der Waals surface area contributed by atoms with Gasteiger partial charge in [-0.3, -0.25) is 0 Å². The molecule has 0 bridgehead atoms. The van der Waals surface area contributed by atoms with Gasteiger partial charge in [0.2, 0.25) is 0 Å². The third-order valence-electron chi connectivity index (χ3n) is 10.7. The third kappa shape index (κ3) is 13.1. The molecule has 0 spiro atoms. The predicted molar refractivity (Wildman–Crippen MR) is 203 cm³/mol. The van der Waals surface area contributed by atoms with E-state index >= 15 is 0 Å². The summed E-state index contributed by atoms with van der Waals surface area (Å²) in [4.78, 5) is 5.56. The molecule has 0 N–H and O–H groups in total. The molecule has 2 unspecified atom stereocenters. The van der Waals surface area contributed by atoms with Crippen LogP contribution >= 0.6 is 0 Å². The van der Waals surface area contributed by atoms with Crippen molar-refractivity contribution in [1.29, 1.82) is 0 Å². The van der Waals surface area contributed by atoms with Gasteiger partial charge in [0.15, 0.2) is 0 Å². The van der Waals surface area contributed by atoms with Crippen LogP contribution in [0.25, 0.3) is 0 Å². The fourth-order valence-corrected chi connectivity index (χ4v) is 7.97. The van der Waals surface area contributed by atoms with Crippen LogP contribution in [0.4, 0.5) is 0 Å². The Morgan fingerprint density at radius 1 is 0.457 bits per heavy atom. The van der Waals surface area contributed by atoms with E-state index in [2.05, 4.69) is 104 Å². The lowest BCUT2D eigenvalue weighted by molar-refractivity contribution is -0.00378. The Balaban J connectivity index is 1.59. The normalized spacial score (nSPS) is 16.8. The SMILES string of the molecule is CCCCCCCCCCCCCCCCN1C=CN(CCCCCCCCC)C1(Cc1ccccc1)C(CC)c1ccccc1. The number of rotatable bonds is 28. The zero-order chi connectivity index (χ0) is 32.5. The second kappa shape index (κ2) is 24.0. The molecule has 3 rings (SSSR count). The molecule has 1 heterocycles. The van der Waals surface area contributed by atoms with Crippen molar-refractivity contribution in [2.24, 2.45) is 0 Å². The van der Waals surface area contributed by atoms with Gasteiger partial charge in [-0.05, 0) is 30.4 Å². The monoisotopic (exact) mass is 629 g/mol. The minimum atomic E-state index is -0.0593. The highest BCUT2D eigenvalue weighted by atomic mass is 15.4. The molecule has 0 saturated carbocycles. The lowest BCUT2D eigenvalue weighted by Crippen LogP contribution is -2.59. The van der Waals surface area contributed by atoms with Crippen LogP contribution in [0, 0.1) is 0 Å². The first kappa shape index (κ1) is 38.2. The van der Waals surface area contributed by atoms with Gasteiger partial charge in [0.25, 0.3) is 0 Å². The third-order valence-corrected chi connectivity index (χ3v) is 10.7. The molecule has 2 nitrogen and oxygen atoms in total. The summed E-state index contributed by atoms with van der Waals surface area (Å²) in [5.74, 6) is 0.445. The quantitative estimate of drug-likeness (QED) is 0.0865. The van der Waals surface area contributed by atoms with E-state index in [-0.39, 0.29) is 5.66 Å². The molecule has 2 heteroatoms. The molecule has 1 aliphatic rings. The van der Waals surface area contributed by atoms with Crippen LogP contribution in [-0.4, -0.2) is 28.6 Å². The van der Waals surface area contributed by atoms with Gasteiger partial charge in [0, 0.05) is 37.8 Å². The van der Waals surface area contributed by atoms with Crippen molar-refractivity contribution in [3.63, 3.8) is 0 Å². The van der Waals surface area contributed by atoms with Crippen LogP contribution in [0.1, 0.15) is 179 Å². The molecule has 0 amide bonds. The van der Waals surface area contributed by atoms with Crippen molar-refractivity contribution < 1.29 is 0 Å². The van der Waals surface area contributed by atoms with Gasteiger partial charge in [-0.25, -0.2) is 0 Å². The van der Waals surface area contributed by atoms with Crippen molar-refractivity contribution in [3.8, 4) is 0 Å². The molecular weight excluding hydrogens is 556 g/mol. The Bertz CT molecular complexity index is 1000. The second-order valence-corrected chi connectivity index (χ2v) is 14.3. The molecule has 0 aliphatic carbocycles. The van der Waals surface area contributed by atoms with E-state index in [1.54, 1.807) is 0 Å². The van der Waals surface area contributed by atoms with Gasteiger partial charge < -0.3 is 9.80 Å². The van der Waals surface area contributed by atoms with Crippen LogP contribution < -0.4 is 0 Å². The average molecular weight is 629 g/mol. The molecule has 258 valence electrons. The molecular formula is C44H72N2. The van der Waals surface area contributed by atoms with Gasteiger partial charge in [0.05, 0.1) is 0 Å². The van der Waals surface area contributed by atoms with E-state index in [1.165, 1.54) is 146 Å². The van der Waals surface area contributed by atoms with Crippen molar-refractivity contribution in [1.82, 2.24) is 9.80 Å². The molecule has 0 saturated heterocycles. The fourth-order valence-electron chi connectivity index (χ4n) is 7.97. The van der Waals surface area contributed by atoms with E-state index < -0.39 is 0 Å². The number of hydrogen-bond donors (Lipinski definition) is 0. The van der Waals surface area contributed by atoms with Crippen LogP contribution in [0.2, 0.25) is 0 Å². The Morgan fingerprint density at radius 3 is 1.22 bits per heavy atom. The second-order valence-electron chi connectivity index (χ2n) is 14.3. The summed E-state index contributed by atoms with van der Waals surface area (Å²) in [6, 6.07) is 22.8. The van der Waals surface area contributed by atoms with Gasteiger partial charge in [-0.15, -0.1) is 0 Å². The Kier molecular flexibility index (Phi) is 19.9. The summed E-state index contributed by atoms with van der Waals surface area (Å²) in [5, 5.41) is 0. The molecule has 1 aliphatic heterocycles. The fraction of sp³-hybridized carbons (Fsp3) is 0.682. The highest BCUT2D eigenvalue weighted by Crippen LogP contribution is 2.45. The minimum Gasteiger partial charge on any atom is -0.353 e. The molecule has 0 radical (unpaired) electrons. The minimum absolute atomic E-state index is 0.0593. The molecule has 2 atom stereocenters. The van der Waals surface area contributed by atoms with Crippen molar-refractivity contribution in [3.05, 3.63) is 84.2 Å². The summed E-state index contributed by atoms with van der Waals surface area (Å²) < 4.78 is 0. The first-order chi connectivity index (χ1) is 22.8. The smallest absolute Gasteiger partial charge is 0.123 e. The first-order valence-corrected chi connectivity index (χ1v) is 20.1. The van der Waals surface area contributed by atoms with E-state index in [0.29, 0.717) is 5.92 Å². The summed E-state index contributed by atoms with van der Waals surface area (Å²) in [6.07, 6.45) is 36.4. The number of hydrogen-bond acceptors (Lipinski definition) is 2. The van der Waals surface area contributed by atoms with Gasteiger partial charge in [-0.1, -0.05) is 203 Å². The average Bonchev–Trinajstić information content (AvgIpc) is 3.42. The van der Waals surface area contributed by atoms with Crippen LogP contribution in [-0.2, 0) is 6.42 Å². The van der Waals surface area contributed by atoms with E-state index in [4.69, 9.17) is 0 Å². The summed E-state index contributed by atoms with van der Waals surface area (Å²) in [5.41, 5.74) is 2.88. The lowest BCUT2D eigenvalue weighted by atomic mass is 9.78. The van der Waals surface area contributed by atoms with Gasteiger partial charge in [-0.2, -0.15) is 0 Å². The van der Waals surface area contributed by atoms with E-state index in [9.17, 15) is 0 Å². The van der Waals surface area contributed by atoms with Crippen LogP contribution in [0.5, 0.6) is 0 Å². The highest BCUT2D eigenvalue weighted by Gasteiger charge is 2.49. The molecule has 0 fully saturated rings. The maximum absolute atomic E-state index is 2.78. The van der Waals surface area contributed by atoms with E-state index in [0.717, 1.165) is 25.9 Å². The van der Waals surface area contributed by atoms with Crippen LogP contribution in [0.3, 0.4) is 0 Å². The van der Waals surface area contributed by atoms with Crippen molar-refractivity contribution >= 4 is 0 Å². The molecule has 2 aromatic carbocycles. The molecule has 46 heavy (non-hydrogen) atoms. The predicted octanol–water partition coefficient (Wildman–Crippen LogP) is 13.4. The highest BCUT2D eigenvalue weighted by molar-refractivity contribution is 5.30. The summed E-state index contributed by atoms with van der Waals surface area (Å²) >= 11 is 0. The zero-order valence-electron chi connectivity index (χ0n) is 30.6. The number of benzene rings is 2. The van der Waals surface area contributed by atoms with Crippen molar-refractivity contribution in [2.45, 2.75) is 180 Å². The lowest BCUT2D eigenvalue weighted by Gasteiger charge is -2.51. The largest absolute Gasteiger partial charge is 0.353 e. The van der Waals surface area contributed by atoms with E-state index in [1.807, 2.05) is 0 Å². The first-order valence-electron chi connectivity index (χ1n) is 20.1. The van der Waals surface area contributed by atoms with Crippen LogP contribution in [0.15, 0.2) is 73.1 Å². The van der Waals surface area contributed by atoms with Gasteiger partial charge >= 0.3 is 0 Å². The Hall–Kier alpha value is -2.22. The number of unbranched alkanes of at least 4 members (excludes halogenated alkanes) is 19. The molecule has 2 aromatic rings. The maximum Gasteiger partial charge on any atom is 0.123 e. The standard InChI is InChI=1S/C44H72N2/c1-4-7-9-11-13-14-15-16-17-18-19-21-23-31-37-46-39-38-45(36-30-22-20-12-10-8-5-2)44(46,40-41-32-26-24-27-33-41)43(6-3)42-34-28-25-29-35-42/h24-29,32-35,38-39,43H,4-23,30-31,36-37,40H2,1-3H3. The zero-order valence-corrected chi connectivity index (χ0v) is 30.6. The Morgan fingerprint density at radius 2 is 0.826 bits per heavy atom. The topological polar surface area (TPSA) is 6.48 Å². The summed E-state index contributed by atoms with van der Waals surface area (Å²) in [6.45, 7) is 9.34. The maximum atomic E-state index is 2.78. The Labute approximate surface area is 286 Å². The number of nitrogens with zero attached hydrogens (tertiary/aromatic N) is 2. The molecule has 0 aromatic heterocycles. The van der Waals surface area contributed by atoms with Gasteiger partial charge in [0.1, 0.15) is 5.66 Å². The summed E-state index contributed by atoms with van der Waals surface area (Å²) in [7, 11) is 0.